The van der Waals surface area contributed by atoms with Gasteiger partial charge in [0.05, 0.1) is 12.6 Å². The van der Waals surface area contributed by atoms with Crippen molar-refractivity contribution in [3.05, 3.63) is 34.9 Å². The Hall–Kier alpha value is -0.610. The lowest BCUT2D eigenvalue weighted by atomic mass is 10.1. The summed E-state index contributed by atoms with van der Waals surface area (Å²) in [6.45, 7) is 2.22. The molecule has 1 heterocycles. The third-order valence-corrected chi connectivity index (χ3v) is 2.96. The summed E-state index contributed by atoms with van der Waals surface area (Å²) in [6, 6.07) is 7.85. The van der Waals surface area contributed by atoms with E-state index in [9.17, 15) is 0 Å². The highest BCUT2D eigenvalue weighted by Crippen LogP contribution is 2.28. The van der Waals surface area contributed by atoms with Crippen LogP contribution in [0.2, 0.25) is 5.02 Å². The van der Waals surface area contributed by atoms with Gasteiger partial charge in [-0.05, 0) is 18.1 Å². The molecular weight excluding hydrogens is 212 g/mol. The van der Waals surface area contributed by atoms with Crippen LogP contribution in [0.15, 0.2) is 24.3 Å². The molecule has 1 fully saturated rings. The minimum atomic E-state index is 0.0706. The van der Waals surface area contributed by atoms with E-state index in [-0.39, 0.29) is 6.04 Å². The van der Waals surface area contributed by atoms with Crippen molar-refractivity contribution in [1.82, 2.24) is 5.06 Å². The number of hydroxylamine groups is 2. The summed E-state index contributed by atoms with van der Waals surface area (Å²) in [5.41, 5.74) is 6.82. The molecule has 1 atom stereocenters. The van der Waals surface area contributed by atoms with Gasteiger partial charge >= 0.3 is 0 Å². The molecule has 1 aliphatic heterocycles. The van der Waals surface area contributed by atoms with Crippen LogP contribution < -0.4 is 5.73 Å². The zero-order valence-corrected chi connectivity index (χ0v) is 9.28. The van der Waals surface area contributed by atoms with Crippen LogP contribution in [0.5, 0.6) is 0 Å². The van der Waals surface area contributed by atoms with Gasteiger partial charge in [0, 0.05) is 18.1 Å². The van der Waals surface area contributed by atoms with Crippen molar-refractivity contribution in [1.29, 1.82) is 0 Å². The van der Waals surface area contributed by atoms with Crippen LogP contribution in [0.1, 0.15) is 18.0 Å². The second-order valence-electron chi connectivity index (χ2n) is 3.60. The molecule has 0 bridgehead atoms. The van der Waals surface area contributed by atoms with E-state index in [4.69, 9.17) is 22.2 Å². The van der Waals surface area contributed by atoms with Gasteiger partial charge in [-0.25, -0.2) is 0 Å². The smallest absolute Gasteiger partial charge is 0.0738 e. The normalized spacial score (nSPS) is 19.3. The fraction of sp³-hybridized carbons (Fsp3) is 0.455. The van der Waals surface area contributed by atoms with Gasteiger partial charge in [0.15, 0.2) is 0 Å². The van der Waals surface area contributed by atoms with Crippen molar-refractivity contribution in [2.24, 2.45) is 5.73 Å². The van der Waals surface area contributed by atoms with E-state index in [0.29, 0.717) is 6.54 Å². The Balaban J connectivity index is 2.22. The van der Waals surface area contributed by atoms with Gasteiger partial charge in [0.1, 0.15) is 0 Å². The number of benzene rings is 1. The van der Waals surface area contributed by atoms with Gasteiger partial charge in [0.2, 0.25) is 0 Å². The zero-order chi connectivity index (χ0) is 10.7. The topological polar surface area (TPSA) is 38.5 Å². The van der Waals surface area contributed by atoms with E-state index in [1.54, 1.807) is 0 Å². The second-order valence-corrected chi connectivity index (χ2v) is 4.01. The molecule has 3 nitrogen and oxygen atoms in total. The average molecular weight is 227 g/mol. The van der Waals surface area contributed by atoms with E-state index in [1.165, 1.54) is 0 Å². The van der Waals surface area contributed by atoms with Crippen molar-refractivity contribution in [3.8, 4) is 0 Å². The molecule has 1 saturated heterocycles. The lowest BCUT2D eigenvalue weighted by Crippen LogP contribution is -2.30. The number of halogens is 1. The first-order valence-electron chi connectivity index (χ1n) is 5.17. The van der Waals surface area contributed by atoms with E-state index < -0.39 is 0 Å². The molecule has 2 rings (SSSR count). The molecule has 1 aromatic rings. The fourth-order valence-corrected chi connectivity index (χ4v) is 2.12. The average Bonchev–Trinajstić information content (AvgIpc) is 2.75. The molecule has 0 spiro atoms. The van der Waals surface area contributed by atoms with Gasteiger partial charge in [0.25, 0.3) is 0 Å². The van der Waals surface area contributed by atoms with E-state index in [1.807, 2.05) is 29.3 Å². The number of hydrogen-bond donors (Lipinski definition) is 1. The Kier molecular flexibility index (Phi) is 3.59. The maximum absolute atomic E-state index is 6.14. The number of rotatable bonds is 3. The van der Waals surface area contributed by atoms with Gasteiger partial charge in [-0.3, -0.25) is 4.84 Å². The molecule has 82 valence electrons. The first kappa shape index (κ1) is 10.9. The molecule has 0 amide bonds. The van der Waals surface area contributed by atoms with E-state index >= 15 is 0 Å². The summed E-state index contributed by atoms with van der Waals surface area (Å²) in [5.74, 6) is 0. The highest BCUT2D eigenvalue weighted by Gasteiger charge is 2.24. The quantitative estimate of drug-likeness (QED) is 0.857. The molecule has 1 aliphatic rings. The number of nitrogens with two attached hydrogens (primary N) is 1. The first-order valence-corrected chi connectivity index (χ1v) is 5.55. The van der Waals surface area contributed by atoms with Crippen LogP contribution in [0, 0.1) is 0 Å². The zero-order valence-electron chi connectivity index (χ0n) is 8.53. The van der Waals surface area contributed by atoms with Gasteiger partial charge < -0.3 is 5.73 Å². The summed E-state index contributed by atoms with van der Waals surface area (Å²) >= 11 is 6.14. The minimum absolute atomic E-state index is 0.0706. The lowest BCUT2D eigenvalue weighted by molar-refractivity contribution is -0.140. The summed E-state index contributed by atoms with van der Waals surface area (Å²) < 4.78 is 0. The summed E-state index contributed by atoms with van der Waals surface area (Å²) in [6.07, 6.45) is 1.06. The maximum atomic E-state index is 6.14. The van der Waals surface area contributed by atoms with Crippen LogP contribution in [0.4, 0.5) is 0 Å². The third-order valence-electron chi connectivity index (χ3n) is 2.62. The summed E-state index contributed by atoms with van der Waals surface area (Å²) in [4.78, 5) is 5.51. The van der Waals surface area contributed by atoms with E-state index in [0.717, 1.165) is 30.2 Å². The Labute approximate surface area is 94.7 Å². The predicted molar refractivity (Wildman–Crippen MR) is 60.5 cm³/mol. The highest BCUT2D eigenvalue weighted by atomic mass is 35.5. The van der Waals surface area contributed by atoms with Crippen molar-refractivity contribution >= 4 is 11.6 Å². The largest absolute Gasteiger partial charge is 0.329 e. The molecule has 1 unspecified atom stereocenters. The fourth-order valence-electron chi connectivity index (χ4n) is 1.86. The molecule has 1 aromatic carbocycles. The van der Waals surface area contributed by atoms with Gasteiger partial charge in [-0.1, -0.05) is 29.8 Å². The Morgan fingerprint density at radius 1 is 1.47 bits per heavy atom. The molecule has 0 aliphatic carbocycles. The Morgan fingerprint density at radius 3 is 2.87 bits per heavy atom. The number of hydrogen-bond acceptors (Lipinski definition) is 3. The summed E-state index contributed by atoms with van der Waals surface area (Å²) in [7, 11) is 0. The van der Waals surface area contributed by atoms with Crippen molar-refractivity contribution in [3.63, 3.8) is 0 Å². The standard InChI is InChI=1S/C11H15ClN2O/c12-10-5-2-1-4-9(10)11(8-13)14-6-3-7-15-14/h1-2,4-5,11H,3,6-8,13H2. The van der Waals surface area contributed by atoms with Gasteiger partial charge in [-0.2, -0.15) is 5.06 Å². The minimum Gasteiger partial charge on any atom is -0.329 e. The maximum Gasteiger partial charge on any atom is 0.0738 e. The summed E-state index contributed by atoms with van der Waals surface area (Å²) in [5, 5.41) is 2.68. The molecule has 4 heteroatoms. The lowest BCUT2D eigenvalue weighted by Gasteiger charge is -2.25. The van der Waals surface area contributed by atoms with Crippen LogP contribution >= 0.6 is 11.6 Å². The predicted octanol–water partition coefficient (Wildman–Crippen LogP) is 1.98. The first-order chi connectivity index (χ1) is 7.33. The van der Waals surface area contributed by atoms with Gasteiger partial charge in [-0.15, -0.1) is 0 Å². The third kappa shape index (κ3) is 2.32. The Bertz CT molecular complexity index is 326. The molecular formula is C11H15ClN2O. The molecule has 0 saturated carbocycles. The molecule has 0 aromatic heterocycles. The number of nitrogens with zero attached hydrogens (tertiary/aromatic N) is 1. The van der Waals surface area contributed by atoms with Crippen LogP contribution in [-0.2, 0) is 4.84 Å². The van der Waals surface area contributed by atoms with Crippen LogP contribution in [-0.4, -0.2) is 24.8 Å². The monoisotopic (exact) mass is 226 g/mol. The van der Waals surface area contributed by atoms with Crippen molar-refractivity contribution in [2.75, 3.05) is 19.7 Å². The Morgan fingerprint density at radius 2 is 2.27 bits per heavy atom. The molecule has 2 N–H and O–H groups in total. The molecule has 0 radical (unpaired) electrons. The SMILES string of the molecule is NCC(c1ccccc1Cl)N1CCCO1. The van der Waals surface area contributed by atoms with Crippen molar-refractivity contribution in [2.45, 2.75) is 12.5 Å². The van der Waals surface area contributed by atoms with Crippen molar-refractivity contribution < 1.29 is 4.84 Å². The highest BCUT2D eigenvalue weighted by molar-refractivity contribution is 6.31. The van der Waals surface area contributed by atoms with Crippen LogP contribution in [0.25, 0.3) is 0 Å². The molecule has 15 heavy (non-hydrogen) atoms. The second kappa shape index (κ2) is 4.94. The van der Waals surface area contributed by atoms with E-state index in [2.05, 4.69) is 0 Å². The van der Waals surface area contributed by atoms with Crippen LogP contribution in [0.3, 0.4) is 0 Å².